The first kappa shape index (κ1) is 21.1. The minimum Gasteiger partial charge on any atom is -0.370 e. The van der Waals surface area contributed by atoms with Gasteiger partial charge in [0.05, 0.1) is 0 Å². The third-order valence-electron chi connectivity index (χ3n) is 4.43. The number of carbonyl (C=O) groups excluding carboxylic acids is 1. The lowest BCUT2D eigenvalue weighted by Gasteiger charge is -2.16. The van der Waals surface area contributed by atoms with Gasteiger partial charge in [0.1, 0.15) is 0 Å². The molecular formula is C20H26IN5O. The largest absolute Gasteiger partial charge is 0.370 e. The molecule has 0 spiro atoms. The first-order valence-electron chi connectivity index (χ1n) is 9.06. The van der Waals surface area contributed by atoms with Gasteiger partial charge in [-0.2, -0.15) is 0 Å². The van der Waals surface area contributed by atoms with Crippen LogP contribution >= 0.6 is 24.0 Å². The summed E-state index contributed by atoms with van der Waals surface area (Å²) < 4.78 is 0. The number of hydrogen-bond acceptors (Lipinski definition) is 3. The number of pyridine rings is 1. The third-order valence-corrected chi connectivity index (χ3v) is 4.43. The number of fused-ring (bicyclic) bond motifs is 1. The maximum atomic E-state index is 12.4. The lowest BCUT2D eigenvalue weighted by Crippen LogP contribution is -2.33. The third kappa shape index (κ3) is 6.20. The van der Waals surface area contributed by atoms with Gasteiger partial charge < -0.3 is 16.0 Å². The van der Waals surface area contributed by atoms with Crippen LogP contribution < -0.4 is 16.0 Å². The predicted octanol–water partition coefficient (Wildman–Crippen LogP) is 2.52. The Balaban J connectivity index is 0.00000261. The van der Waals surface area contributed by atoms with Gasteiger partial charge in [0.15, 0.2) is 5.96 Å². The van der Waals surface area contributed by atoms with Crippen molar-refractivity contribution in [3.05, 3.63) is 59.9 Å². The summed E-state index contributed by atoms with van der Waals surface area (Å²) in [6.45, 7) is 2.01. The lowest BCUT2D eigenvalue weighted by atomic mass is 10.2. The molecule has 3 N–H and O–H groups in total. The highest BCUT2D eigenvalue weighted by Gasteiger charge is 2.23. The summed E-state index contributed by atoms with van der Waals surface area (Å²) in [5.74, 6) is 0.576. The van der Waals surface area contributed by atoms with Crippen LogP contribution in [0.15, 0.2) is 53.7 Å². The standard InChI is InChI=1S/C20H25N5O.HI/c21-20(24-14-10-17-7-3-4-12-22-17)23-13-5-9-19(26)25-15-11-16-6-1-2-8-18(16)25;/h1-4,6-8,12H,5,9-11,13-15H2,(H3,21,23,24);1H. The summed E-state index contributed by atoms with van der Waals surface area (Å²) in [6.07, 6.45) is 4.69. The van der Waals surface area contributed by atoms with Crippen LogP contribution in [0.1, 0.15) is 24.1 Å². The summed E-state index contributed by atoms with van der Waals surface area (Å²) in [6, 6.07) is 13.9. The highest BCUT2D eigenvalue weighted by Crippen LogP contribution is 2.27. The predicted molar refractivity (Wildman–Crippen MR) is 120 cm³/mol. The van der Waals surface area contributed by atoms with Crippen LogP contribution in [0.2, 0.25) is 0 Å². The van der Waals surface area contributed by atoms with Crippen molar-refractivity contribution in [2.75, 3.05) is 24.5 Å². The fourth-order valence-corrected chi connectivity index (χ4v) is 3.08. The highest BCUT2D eigenvalue weighted by molar-refractivity contribution is 14.0. The van der Waals surface area contributed by atoms with Crippen molar-refractivity contribution in [2.24, 2.45) is 10.7 Å². The van der Waals surface area contributed by atoms with Crippen molar-refractivity contribution in [1.82, 2.24) is 10.3 Å². The van der Waals surface area contributed by atoms with Crippen LogP contribution in [0.5, 0.6) is 0 Å². The quantitative estimate of drug-likeness (QED) is 0.277. The van der Waals surface area contributed by atoms with Crippen LogP contribution in [0.4, 0.5) is 5.69 Å². The van der Waals surface area contributed by atoms with E-state index in [4.69, 9.17) is 5.73 Å². The second-order valence-corrected chi connectivity index (χ2v) is 6.29. The molecule has 0 saturated heterocycles. The van der Waals surface area contributed by atoms with E-state index in [0.717, 1.165) is 30.8 Å². The van der Waals surface area contributed by atoms with E-state index in [1.54, 1.807) is 6.20 Å². The average Bonchev–Trinajstić information content (AvgIpc) is 3.10. The Morgan fingerprint density at radius 1 is 1.22 bits per heavy atom. The molecule has 0 fully saturated rings. The number of guanidine groups is 1. The molecule has 1 aliphatic rings. The molecule has 0 saturated carbocycles. The number of aromatic nitrogens is 1. The summed E-state index contributed by atoms with van der Waals surface area (Å²) in [7, 11) is 0. The summed E-state index contributed by atoms with van der Waals surface area (Å²) in [4.78, 5) is 22.8. The van der Waals surface area contributed by atoms with E-state index in [1.807, 2.05) is 41.3 Å². The van der Waals surface area contributed by atoms with Gasteiger partial charge >= 0.3 is 0 Å². The zero-order valence-electron chi connectivity index (χ0n) is 15.3. The van der Waals surface area contributed by atoms with Gasteiger partial charge in [-0.05, 0) is 36.6 Å². The molecule has 2 heterocycles. The molecule has 6 nitrogen and oxygen atoms in total. The molecule has 1 aliphatic heterocycles. The fraction of sp³-hybridized carbons (Fsp3) is 0.350. The van der Waals surface area contributed by atoms with Gasteiger partial charge in [0, 0.05) is 50.1 Å². The van der Waals surface area contributed by atoms with Gasteiger partial charge in [0.2, 0.25) is 5.91 Å². The van der Waals surface area contributed by atoms with E-state index >= 15 is 0 Å². The van der Waals surface area contributed by atoms with Crippen molar-refractivity contribution in [1.29, 1.82) is 0 Å². The van der Waals surface area contributed by atoms with Crippen molar-refractivity contribution < 1.29 is 4.79 Å². The van der Waals surface area contributed by atoms with Gasteiger partial charge in [0.25, 0.3) is 0 Å². The minimum atomic E-state index is 0. The molecule has 27 heavy (non-hydrogen) atoms. The fourth-order valence-electron chi connectivity index (χ4n) is 3.08. The second-order valence-electron chi connectivity index (χ2n) is 6.29. The van der Waals surface area contributed by atoms with Gasteiger partial charge in [-0.25, -0.2) is 0 Å². The maximum absolute atomic E-state index is 12.4. The Morgan fingerprint density at radius 3 is 2.85 bits per heavy atom. The average molecular weight is 479 g/mol. The van der Waals surface area contributed by atoms with Gasteiger partial charge in [-0.15, -0.1) is 24.0 Å². The minimum absolute atomic E-state index is 0. The Bertz CT molecular complexity index is 766. The molecule has 144 valence electrons. The van der Waals surface area contributed by atoms with Crippen LogP contribution in [-0.4, -0.2) is 36.5 Å². The van der Waals surface area contributed by atoms with Gasteiger partial charge in [-0.1, -0.05) is 24.3 Å². The molecule has 1 aromatic heterocycles. The Morgan fingerprint density at radius 2 is 2.04 bits per heavy atom. The number of para-hydroxylation sites is 1. The van der Waals surface area contributed by atoms with Crippen molar-refractivity contribution in [3.8, 4) is 0 Å². The molecule has 3 rings (SSSR count). The van der Waals surface area contributed by atoms with Gasteiger partial charge in [-0.3, -0.25) is 14.8 Å². The monoisotopic (exact) mass is 479 g/mol. The SMILES string of the molecule is I.NC(=NCCCC(=O)N1CCc2ccccc21)NCCc1ccccn1. The molecular weight excluding hydrogens is 453 g/mol. The number of carbonyl (C=O) groups is 1. The number of nitrogens with two attached hydrogens (primary N) is 1. The number of benzene rings is 1. The summed E-state index contributed by atoms with van der Waals surface area (Å²) >= 11 is 0. The number of nitrogens with one attached hydrogen (secondary N) is 1. The molecule has 2 aromatic rings. The van der Waals surface area contributed by atoms with Crippen LogP contribution in [0.3, 0.4) is 0 Å². The maximum Gasteiger partial charge on any atom is 0.227 e. The number of amides is 1. The molecule has 1 amide bonds. The summed E-state index contributed by atoms with van der Waals surface area (Å²) in [5, 5.41) is 3.08. The summed E-state index contributed by atoms with van der Waals surface area (Å²) in [5.41, 5.74) is 9.18. The van der Waals surface area contributed by atoms with Crippen LogP contribution in [-0.2, 0) is 17.6 Å². The van der Waals surface area contributed by atoms with E-state index in [0.29, 0.717) is 31.9 Å². The van der Waals surface area contributed by atoms with E-state index in [9.17, 15) is 4.79 Å². The molecule has 7 heteroatoms. The Labute approximate surface area is 177 Å². The second kappa shape index (κ2) is 10.9. The highest BCUT2D eigenvalue weighted by atomic mass is 127. The number of nitrogens with zero attached hydrogens (tertiary/aromatic N) is 3. The number of halogens is 1. The zero-order valence-corrected chi connectivity index (χ0v) is 17.6. The smallest absolute Gasteiger partial charge is 0.227 e. The van der Waals surface area contributed by atoms with E-state index in [1.165, 1.54) is 5.56 Å². The van der Waals surface area contributed by atoms with Crippen molar-refractivity contribution in [3.63, 3.8) is 0 Å². The Hall–Kier alpha value is -2.16. The molecule has 0 bridgehead atoms. The van der Waals surface area contributed by atoms with E-state index in [-0.39, 0.29) is 29.9 Å². The van der Waals surface area contributed by atoms with Crippen LogP contribution in [0.25, 0.3) is 0 Å². The molecule has 1 aromatic carbocycles. The van der Waals surface area contributed by atoms with Crippen molar-refractivity contribution >= 4 is 41.5 Å². The zero-order chi connectivity index (χ0) is 18.2. The topological polar surface area (TPSA) is 83.6 Å². The van der Waals surface area contributed by atoms with Crippen molar-refractivity contribution in [2.45, 2.75) is 25.7 Å². The first-order chi connectivity index (χ1) is 12.7. The number of aliphatic imine (C=N–C) groups is 1. The van der Waals surface area contributed by atoms with Crippen LogP contribution in [0, 0.1) is 0 Å². The van der Waals surface area contributed by atoms with E-state index < -0.39 is 0 Å². The lowest BCUT2D eigenvalue weighted by molar-refractivity contribution is -0.118. The van der Waals surface area contributed by atoms with E-state index in [2.05, 4.69) is 21.4 Å². The first-order valence-corrected chi connectivity index (χ1v) is 9.06. The molecule has 0 aliphatic carbocycles. The normalized spacial score (nSPS) is 13.0. The Kier molecular flexibility index (Phi) is 8.50. The molecule has 0 unspecified atom stereocenters. The molecule has 0 radical (unpaired) electrons. The number of anilines is 1. The molecule has 0 atom stereocenters. The number of hydrogen-bond donors (Lipinski definition) is 2. The number of rotatable bonds is 7.